The Morgan fingerprint density at radius 2 is 2.41 bits per heavy atom. The lowest BCUT2D eigenvalue weighted by Gasteiger charge is -2.35. The fourth-order valence-corrected chi connectivity index (χ4v) is 3.20. The number of rotatable bonds is 1. The predicted molar refractivity (Wildman–Crippen MR) is 73.0 cm³/mol. The Morgan fingerprint density at radius 1 is 1.65 bits per heavy atom. The highest BCUT2D eigenvalue weighted by molar-refractivity contribution is 7.10. The quantitative estimate of drug-likeness (QED) is 0.347. The zero-order valence-corrected chi connectivity index (χ0v) is 11.4. The third-order valence-corrected chi connectivity index (χ3v) is 4.06. The molecule has 1 aliphatic rings. The lowest BCUT2D eigenvalue weighted by Crippen LogP contribution is -2.48. The number of hydrogen-bond acceptors (Lipinski definition) is 3. The summed E-state index contributed by atoms with van der Waals surface area (Å²) >= 11 is 1.85. The van der Waals surface area contributed by atoms with Gasteiger partial charge >= 0.3 is 0 Å². The molecule has 0 bridgehead atoms. The lowest BCUT2D eigenvalue weighted by molar-refractivity contribution is 0.309. The Morgan fingerprint density at radius 3 is 3.06 bits per heavy atom. The molecular weight excluding hydrogens is 232 g/mol. The van der Waals surface area contributed by atoms with Crippen LogP contribution in [0.25, 0.3) is 0 Å². The van der Waals surface area contributed by atoms with Crippen LogP contribution in [-0.4, -0.2) is 23.4 Å². The second-order valence-electron chi connectivity index (χ2n) is 4.61. The highest BCUT2D eigenvalue weighted by Crippen LogP contribution is 2.32. The minimum atomic E-state index is 0.247. The molecule has 1 atom stereocenters. The summed E-state index contributed by atoms with van der Waals surface area (Å²) in [6, 6.07) is 2.80. The maximum atomic E-state index is 5.59. The first-order valence-corrected chi connectivity index (χ1v) is 6.88. The first-order valence-electron chi connectivity index (χ1n) is 6.00. The molecule has 0 spiro atoms. The summed E-state index contributed by atoms with van der Waals surface area (Å²) in [7, 11) is 0. The van der Waals surface area contributed by atoms with Gasteiger partial charge in [-0.25, -0.2) is 10.8 Å². The van der Waals surface area contributed by atoms with Crippen molar-refractivity contribution in [3.63, 3.8) is 0 Å². The van der Waals surface area contributed by atoms with Crippen molar-refractivity contribution in [3.8, 4) is 0 Å². The minimum absolute atomic E-state index is 0.247. The molecule has 0 aromatic carbocycles. The van der Waals surface area contributed by atoms with Gasteiger partial charge in [0.25, 0.3) is 0 Å². The lowest BCUT2D eigenvalue weighted by atomic mass is 10.0. The number of nitrogens with zero attached hydrogens (tertiary/aromatic N) is 2. The Kier molecular flexibility index (Phi) is 3.69. The molecule has 0 aliphatic carbocycles. The van der Waals surface area contributed by atoms with E-state index in [1.807, 2.05) is 11.3 Å². The summed E-state index contributed by atoms with van der Waals surface area (Å²) < 4.78 is 0. The molecule has 3 N–H and O–H groups in total. The molecular formula is C12H20N4S. The molecule has 94 valence electrons. The van der Waals surface area contributed by atoms with Crippen molar-refractivity contribution in [2.45, 2.75) is 39.3 Å². The molecule has 0 amide bonds. The Bertz CT molecular complexity index is 410. The molecule has 0 saturated heterocycles. The van der Waals surface area contributed by atoms with Gasteiger partial charge in [-0.1, -0.05) is 0 Å². The molecule has 4 nitrogen and oxygen atoms in total. The molecule has 0 fully saturated rings. The Balaban J connectivity index is 2.24. The summed E-state index contributed by atoms with van der Waals surface area (Å²) in [5.74, 6) is 6.39. The van der Waals surface area contributed by atoms with Crippen molar-refractivity contribution < 1.29 is 0 Å². The molecule has 5 heteroatoms. The monoisotopic (exact) mass is 252 g/mol. The summed E-state index contributed by atoms with van der Waals surface area (Å²) in [4.78, 5) is 8.28. The number of nitrogens with two attached hydrogens (primary N) is 1. The molecule has 0 radical (unpaired) electrons. The number of aliphatic imine (C=N–C) groups is 1. The van der Waals surface area contributed by atoms with E-state index in [-0.39, 0.29) is 6.04 Å². The number of thiophene rings is 1. The summed E-state index contributed by atoms with van der Waals surface area (Å²) in [6.07, 6.45) is 1.08. The van der Waals surface area contributed by atoms with Gasteiger partial charge in [-0.15, -0.1) is 11.3 Å². The van der Waals surface area contributed by atoms with Crippen LogP contribution in [0.1, 0.15) is 37.3 Å². The van der Waals surface area contributed by atoms with E-state index in [0.29, 0.717) is 6.04 Å². The first kappa shape index (κ1) is 12.4. The van der Waals surface area contributed by atoms with E-state index in [4.69, 9.17) is 5.84 Å². The summed E-state index contributed by atoms with van der Waals surface area (Å²) in [5.41, 5.74) is 4.15. The van der Waals surface area contributed by atoms with E-state index in [0.717, 1.165) is 18.9 Å². The van der Waals surface area contributed by atoms with Gasteiger partial charge < -0.3 is 4.90 Å². The molecule has 1 aliphatic heterocycles. The van der Waals surface area contributed by atoms with Gasteiger partial charge in [-0.05, 0) is 44.2 Å². The van der Waals surface area contributed by atoms with E-state index in [9.17, 15) is 0 Å². The SMILES string of the molecule is CC(C)N=C(NN)N1CCc2sccc2C1C. The number of fused-ring (bicyclic) bond motifs is 1. The second kappa shape index (κ2) is 5.06. The largest absolute Gasteiger partial charge is 0.335 e. The van der Waals surface area contributed by atoms with Gasteiger partial charge in [0.2, 0.25) is 5.96 Å². The topological polar surface area (TPSA) is 53.6 Å². The van der Waals surface area contributed by atoms with Crippen LogP contribution >= 0.6 is 11.3 Å². The second-order valence-corrected chi connectivity index (χ2v) is 5.61. The van der Waals surface area contributed by atoms with Crippen molar-refractivity contribution in [1.29, 1.82) is 0 Å². The van der Waals surface area contributed by atoms with Crippen LogP contribution in [0.3, 0.4) is 0 Å². The van der Waals surface area contributed by atoms with E-state index in [2.05, 4.69) is 47.5 Å². The van der Waals surface area contributed by atoms with Crippen LogP contribution in [-0.2, 0) is 6.42 Å². The van der Waals surface area contributed by atoms with Gasteiger partial charge in [0.15, 0.2) is 0 Å². The van der Waals surface area contributed by atoms with Gasteiger partial charge in [0.1, 0.15) is 0 Å². The Hall–Kier alpha value is -1.07. The number of guanidine groups is 1. The normalized spacial score (nSPS) is 20.6. The third kappa shape index (κ3) is 2.45. The zero-order chi connectivity index (χ0) is 12.4. The molecule has 2 rings (SSSR count). The highest BCUT2D eigenvalue weighted by atomic mass is 32.1. The highest BCUT2D eigenvalue weighted by Gasteiger charge is 2.26. The molecule has 2 heterocycles. The standard InChI is InChI=1S/C12H20N4S/c1-8(2)14-12(15-13)16-6-4-11-10(9(16)3)5-7-17-11/h5,7-9H,4,6,13H2,1-3H3,(H,14,15). The average molecular weight is 252 g/mol. The molecule has 1 unspecified atom stereocenters. The number of hydrazine groups is 1. The third-order valence-electron chi connectivity index (χ3n) is 3.06. The molecule has 1 aromatic heterocycles. The maximum Gasteiger partial charge on any atom is 0.209 e. The molecule has 0 saturated carbocycles. The van der Waals surface area contributed by atoms with Crippen LogP contribution in [0.5, 0.6) is 0 Å². The molecule has 1 aromatic rings. The Labute approximate surface area is 107 Å². The van der Waals surface area contributed by atoms with E-state index < -0.39 is 0 Å². The average Bonchev–Trinajstić information content (AvgIpc) is 2.75. The summed E-state index contributed by atoms with van der Waals surface area (Å²) in [5, 5.41) is 2.17. The molecule has 17 heavy (non-hydrogen) atoms. The minimum Gasteiger partial charge on any atom is -0.335 e. The smallest absolute Gasteiger partial charge is 0.209 e. The maximum absolute atomic E-state index is 5.59. The zero-order valence-electron chi connectivity index (χ0n) is 10.6. The van der Waals surface area contributed by atoms with Crippen molar-refractivity contribution in [3.05, 3.63) is 21.9 Å². The van der Waals surface area contributed by atoms with Crippen molar-refractivity contribution in [2.24, 2.45) is 10.8 Å². The van der Waals surface area contributed by atoms with Crippen LogP contribution in [0, 0.1) is 0 Å². The van der Waals surface area contributed by atoms with E-state index >= 15 is 0 Å². The number of hydrogen-bond donors (Lipinski definition) is 2. The van der Waals surface area contributed by atoms with Gasteiger partial charge in [-0.3, -0.25) is 5.43 Å². The van der Waals surface area contributed by atoms with Crippen molar-refractivity contribution in [1.82, 2.24) is 10.3 Å². The predicted octanol–water partition coefficient (Wildman–Crippen LogP) is 1.89. The fourth-order valence-electron chi connectivity index (χ4n) is 2.24. The van der Waals surface area contributed by atoms with Crippen LogP contribution in [0.4, 0.5) is 0 Å². The van der Waals surface area contributed by atoms with Crippen molar-refractivity contribution >= 4 is 17.3 Å². The van der Waals surface area contributed by atoms with Crippen LogP contribution in [0.15, 0.2) is 16.4 Å². The van der Waals surface area contributed by atoms with Crippen LogP contribution < -0.4 is 11.3 Å². The number of nitrogens with one attached hydrogen (secondary N) is 1. The van der Waals surface area contributed by atoms with Crippen molar-refractivity contribution in [2.75, 3.05) is 6.54 Å². The summed E-state index contributed by atoms with van der Waals surface area (Å²) in [6.45, 7) is 7.30. The van der Waals surface area contributed by atoms with Gasteiger partial charge in [0.05, 0.1) is 6.04 Å². The van der Waals surface area contributed by atoms with E-state index in [1.165, 1.54) is 10.4 Å². The van der Waals surface area contributed by atoms with Crippen LogP contribution in [0.2, 0.25) is 0 Å². The van der Waals surface area contributed by atoms with E-state index in [1.54, 1.807) is 0 Å². The van der Waals surface area contributed by atoms with Gasteiger partial charge in [-0.2, -0.15) is 0 Å². The fraction of sp³-hybridized carbons (Fsp3) is 0.583. The van der Waals surface area contributed by atoms with Gasteiger partial charge in [0, 0.05) is 17.5 Å². The first-order chi connectivity index (χ1) is 8.13.